The second kappa shape index (κ2) is 6.25. The molecule has 7 nitrogen and oxygen atoms in total. The maximum Gasteiger partial charge on any atom is 0.339 e. The van der Waals surface area contributed by atoms with Crippen molar-refractivity contribution >= 4 is 17.7 Å². The summed E-state index contributed by atoms with van der Waals surface area (Å²) in [7, 11) is 0. The molecule has 0 spiro atoms. The summed E-state index contributed by atoms with van der Waals surface area (Å²) < 4.78 is 5.37. The molecule has 1 unspecified atom stereocenters. The molecule has 0 saturated carbocycles. The number of urea groups is 1. The van der Waals surface area contributed by atoms with E-state index in [4.69, 9.17) is 9.84 Å². The lowest BCUT2D eigenvalue weighted by Gasteiger charge is -2.12. The number of anilines is 1. The Morgan fingerprint density at radius 3 is 2.85 bits per heavy atom. The molecule has 2 amide bonds. The molecule has 0 radical (unpaired) electrons. The van der Waals surface area contributed by atoms with E-state index in [1.807, 2.05) is 0 Å². The third-order valence-electron chi connectivity index (χ3n) is 3.00. The number of hydrogen-bond acceptors (Lipinski definition) is 4. The number of aromatic hydroxyl groups is 1. The number of rotatable bonds is 4. The van der Waals surface area contributed by atoms with E-state index in [0.717, 1.165) is 12.8 Å². The van der Waals surface area contributed by atoms with Crippen LogP contribution in [0, 0.1) is 0 Å². The van der Waals surface area contributed by atoms with Crippen LogP contribution in [-0.2, 0) is 4.74 Å². The van der Waals surface area contributed by atoms with Crippen LogP contribution in [-0.4, -0.2) is 41.5 Å². The van der Waals surface area contributed by atoms with Crippen LogP contribution in [0.1, 0.15) is 23.2 Å². The van der Waals surface area contributed by atoms with Gasteiger partial charge in [-0.3, -0.25) is 0 Å². The van der Waals surface area contributed by atoms with Gasteiger partial charge >= 0.3 is 12.0 Å². The maximum atomic E-state index is 11.6. The topological polar surface area (TPSA) is 108 Å². The monoisotopic (exact) mass is 280 g/mol. The van der Waals surface area contributed by atoms with Gasteiger partial charge in [0.15, 0.2) is 0 Å². The summed E-state index contributed by atoms with van der Waals surface area (Å²) in [6, 6.07) is 3.40. The van der Waals surface area contributed by atoms with Crippen molar-refractivity contribution in [2.45, 2.75) is 18.9 Å². The molecule has 1 saturated heterocycles. The van der Waals surface area contributed by atoms with Gasteiger partial charge in [-0.25, -0.2) is 9.59 Å². The smallest absolute Gasteiger partial charge is 0.339 e. The summed E-state index contributed by atoms with van der Waals surface area (Å²) >= 11 is 0. The SMILES string of the molecule is O=C(NCC1CCCO1)Nc1ccc(O)c(C(=O)O)c1. The van der Waals surface area contributed by atoms with Gasteiger partial charge in [0.1, 0.15) is 11.3 Å². The van der Waals surface area contributed by atoms with E-state index >= 15 is 0 Å². The molecule has 1 aromatic rings. The minimum absolute atomic E-state index is 0.0372. The van der Waals surface area contributed by atoms with Gasteiger partial charge in [0, 0.05) is 18.8 Å². The van der Waals surface area contributed by atoms with Crippen LogP contribution in [0.3, 0.4) is 0 Å². The number of nitrogens with one attached hydrogen (secondary N) is 2. The fourth-order valence-electron chi connectivity index (χ4n) is 1.97. The van der Waals surface area contributed by atoms with E-state index in [1.165, 1.54) is 18.2 Å². The Balaban J connectivity index is 1.90. The zero-order valence-electron chi connectivity index (χ0n) is 10.8. The molecule has 0 bridgehead atoms. The van der Waals surface area contributed by atoms with Gasteiger partial charge in [-0.1, -0.05) is 0 Å². The summed E-state index contributed by atoms with van der Waals surface area (Å²) in [6.45, 7) is 1.13. The van der Waals surface area contributed by atoms with Gasteiger partial charge in [0.2, 0.25) is 0 Å². The fraction of sp³-hybridized carbons (Fsp3) is 0.385. The number of ether oxygens (including phenoxy) is 1. The Morgan fingerprint density at radius 2 is 2.20 bits per heavy atom. The van der Waals surface area contributed by atoms with E-state index in [2.05, 4.69) is 10.6 Å². The van der Waals surface area contributed by atoms with Gasteiger partial charge in [-0.15, -0.1) is 0 Å². The van der Waals surface area contributed by atoms with Crippen LogP contribution in [0.4, 0.5) is 10.5 Å². The molecular formula is C13H16N2O5. The molecule has 0 aliphatic carbocycles. The Labute approximate surface area is 115 Å². The van der Waals surface area contributed by atoms with E-state index < -0.39 is 12.0 Å². The van der Waals surface area contributed by atoms with Crippen LogP contribution in [0.5, 0.6) is 5.75 Å². The van der Waals surface area contributed by atoms with Crippen LogP contribution < -0.4 is 10.6 Å². The lowest BCUT2D eigenvalue weighted by molar-refractivity contribution is 0.0693. The largest absolute Gasteiger partial charge is 0.507 e. The van der Waals surface area contributed by atoms with Crippen molar-refractivity contribution in [2.24, 2.45) is 0 Å². The average Bonchev–Trinajstić information content (AvgIpc) is 2.91. The number of benzene rings is 1. The maximum absolute atomic E-state index is 11.6. The number of hydrogen-bond donors (Lipinski definition) is 4. The fourth-order valence-corrected chi connectivity index (χ4v) is 1.97. The van der Waals surface area contributed by atoms with Crippen LogP contribution in [0.2, 0.25) is 0 Å². The minimum Gasteiger partial charge on any atom is -0.507 e. The molecule has 1 heterocycles. The third kappa shape index (κ3) is 3.61. The van der Waals surface area contributed by atoms with Gasteiger partial charge in [0.05, 0.1) is 6.10 Å². The number of aromatic carboxylic acids is 1. The number of phenols is 1. The standard InChI is InChI=1S/C13H16N2O5/c16-11-4-3-8(6-10(11)12(17)18)15-13(19)14-7-9-2-1-5-20-9/h3-4,6,9,16H,1-2,5,7H2,(H,17,18)(H2,14,15,19). The highest BCUT2D eigenvalue weighted by atomic mass is 16.5. The zero-order valence-corrected chi connectivity index (χ0v) is 10.8. The number of carbonyl (C=O) groups excluding carboxylic acids is 1. The second-order valence-electron chi connectivity index (χ2n) is 4.51. The average molecular weight is 280 g/mol. The molecule has 1 aliphatic rings. The number of carboxylic acids is 1. The zero-order chi connectivity index (χ0) is 14.5. The van der Waals surface area contributed by atoms with E-state index in [-0.39, 0.29) is 17.4 Å². The Hall–Kier alpha value is -2.28. The molecule has 1 atom stereocenters. The number of carbonyl (C=O) groups is 2. The Morgan fingerprint density at radius 1 is 1.40 bits per heavy atom. The predicted octanol–water partition coefficient (Wildman–Crippen LogP) is 1.39. The van der Waals surface area contributed by atoms with Crippen molar-refractivity contribution < 1.29 is 24.5 Å². The first kappa shape index (κ1) is 14.1. The highest BCUT2D eigenvalue weighted by molar-refractivity contribution is 5.95. The highest BCUT2D eigenvalue weighted by Gasteiger charge is 2.16. The molecule has 1 aromatic carbocycles. The van der Waals surface area contributed by atoms with Crippen LogP contribution in [0.15, 0.2) is 18.2 Å². The molecular weight excluding hydrogens is 264 g/mol. The van der Waals surface area contributed by atoms with Crippen molar-refractivity contribution in [3.05, 3.63) is 23.8 Å². The first-order valence-corrected chi connectivity index (χ1v) is 6.29. The molecule has 1 aliphatic heterocycles. The lowest BCUT2D eigenvalue weighted by atomic mass is 10.2. The highest BCUT2D eigenvalue weighted by Crippen LogP contribution is 2.21. The van der Waals surface area contributed by atoms with Crippen LogP contribution in [0.25, 0.3) is 0 Å². The van der Waals surface area contributed by atoms with Crippen molar-refractivity contribution in [1.29, 1.82) is 0 Å². The summed E-state index contributed by atoms with van der Waals surface area (Å²) in [4.78, 5) is 22.5. The third-order valence-corrected chi connectivity index (χ3v) is 3.00. The molecule has 1 fully saturated rings. The minimum atomic E-state index is -1.26. The molecule has 108 valence electrons. The summed E-state index contributed by atoms with van der Waals surface area (Å²) in [5, 5.41) is 23.4. The van der Waals surface area contributed by atoms with Crippen molar-refractivity contribution in [3.63, 3.8) is 0 Å². The first-order chi connectivity index (χ1) is 9.56. The van der Waals surface area contributed by atoms with Gasteiger partial charge < -0.3 is 25.6 Å². The van der Waals surface area contributed by atoms with Crippen LogP contribution >= 0.6 is 0 Å². The van der Waals surface area contributed by atoms with Crippen molar-refractivity contribution in [2.75, 3.05) is 18.5 Å². The van der Waals surface area contributed by atoms with Crippen molar-refractivity contribution in [3.8, 4) is 5.75 Å². The Bertz CT molecular complexity index is 511. The van der Waals surface area contributed by atoms with E-state index in [1.54, 1.807) is 0 Å². The van der Waals surface area contributed by atoms with Crippen molar-refractivity contribution in [1.82, 2.24) is 5.32 Å². The molecule has 4 N–H and O–H groups in total. The number of carboxylic acid groups (broad SMARTS) is 1. The predicted molar refractivity (Wildman–Crippen MR) is 71.1 cm³/mol. The van der Waals surface area contributed by atoms with E-state index in [9.17, 15) is 14.7 Å². The quantitative estimate of drug-likeness (QED) is 0.623. The normalized spacial score (nSPS) is 17.7. The van der Waals surface area contributed by atoms with E-state index in [0.29, 0.717) is 18.8 Å². The lowest BCUT2D eigenvalue weighted by Crippen LogP contribution is -2.35. The Kier molecular flexibility index (Phi) is 4.41. The second-order valence-corrected chi connectivity index (χ2v) is 4.51. The van der Waals surface area contributed by atoms with Gasteiger partial charge in [-0.2, -0.15) is 0 Å². The first-order valence-electron chi connectivity index (χ1n) is 6.29. The number of amides is 2. The molecule has 2 rings (SSSR count). The summed E-state index contributed by atoms with van der Waals surface area (Å²) in [6.07, 6.45) is 1.95. The van der Waals surface area contributed by atoms with Gasteiger partial charge in [-0.05, 0) is 31.0 Å². The molecule has 20 heavy (non-hydrogen) atoms. The molecule has 0 aromatic heterocycles. The summed E-state index contributed by atoms with van der Waals surface area (Å²) in [5.74, 6) is -1.60. The molecule has 7 heteroatoms. The summed E-state index contributed by atoms with van der Waals surface area (Å²) in [5.41, 5.74) is 0.0342. The van der Waals surface area contributed by atoms with Gasteiger partial charge in [0.25, 0.3) is 0 Å².